The molecule has 1 N–H and O–H groups in total. The van der Waals surface area contributed by atoms with Gasteiger partial charge in [-0.25, -0.2) is 12.8 Å². The Balaban J connectivity index is 1.91. The summed E-state index contributed by atoms with van der Waals surface area (Å²) in [4.78, 5) is 13.2. The number of aryl methyl sites for hydroxylation is 1. The first-order valence-electron chi connectivity index (χ1n) is 6.96. The molecule has 0 bridgehead atoms. The third-order valence-corrected chi connectivity index (χ3v) is 5.23. The Morgan fingerprint density at radius 1 is 1.17 bits per heavy atom. The second-order valence-electron chi connectivity index (χ2n) is 5.49. The van der Waals surface area contributed by atoms with Crippen LogP contribution in [-0.2, 0) is 21.2 Å². The molecule has 2 aromatic rings. The Hall–Kier alpha value is -2.41. The molecule has 7 heteroatoms. The molecule has 5 nitrogen and oxygen atoms in total. The third kappa shape index (κ3) is 2.79. The van der Waals surface area contributed by atoms with E-state index < -0.39 is 15.8 Å². The second-order valence-corrected chi connectivity index (χ2v) is 7.17. The highest BCUT2D eigenvalue weighted by Crippen LogP contribution is 2.30. The summed E-state index contributed by atoms with van der Waals surface area (Å²) >= 11 is 0. The lowest BCUT2D eigenvalue weighted by molar-refractivity contribution is -0.117. The fraction of sp³-hybridized carbons (Fsp3) is 0.188. The number of sulfonamides is 1. The first-order chi connectivity index (χ1) is 10.8. The lowest BCUT2D eigenvalue weighted by Gasteiger charge is -2.12. The predicted octanol–water partition coefficient (Wildman–Crippen LogP) is 2.45. The maximum Gasteiger partial charge on any atom is 0.261 e. The van der Waals surface area contributed by atoms with Gasteiger partial charge in [0.15, 0.2) is 0 Å². The van der Waals surface area contributed by atoms with E-state index in [4.69, 9.17) is 0 Å². The minimum Gasteiger partial charge on any atom is -0.315 e. The van der Waals surface area contributed by atoms with E-state index in [0.717, 1.165) is 17.3 Å². The molecule has 0 aliphatic carbocycles. The summed E-state index contributed by atoms with van der Waals surface area (Å²) in [5.41, 5.74) is 2.17. The molecule has 0 atom stereocenters. The topological polar surface area (TPSA) is 66.5 Å². The fourth-order valence-corrected chi connectivity index (χ4v) is 3.67. The van der Waals surface area contributed by atoms with Crippen molar-refractivity contribution in [2.24, 2.45) is 0 Å². The Morgan fingerprint density at radius 3 is 2.61 bits per heavy atom. The number of amides is 1. The molecule has 1 aliphatic rings. The van der Waals surface area contributed by atoms with E-state index in [1.54, 1.807) is 25.2 Å². The number of benzene rings is 2. The second kappa shape index (κ2) is 5.34. The van der Waals surface area contributed by atoms with Crippen molar-refractivity contribution in [1.82, 2.24) is 0 Å². The van der Waals surface area contributed by atoms with Crippen LogP contribution in [-0.4, -0.2) is 21.4 Å². The van der Waals surface area contributed by atoms with Gasteiger partial charge < -0.3 is 4.90 Å². The highest BCUT2D eigenvalue weighted by atomic mass is 32.2. The summed E-state index contributed by atoms with van der Waals surface area (Å²) in [5, 5.41) is 0. The van der Waals surface area contributed by atoms with Crippen LogP contribution in [0.15, 0.2) is 41.3 Å². The van der Waals surface area contributed by atoms with Crippen LogP contribution in [0.5, 0.6) is 0 Å². The molecule has 120 valence electrons. The van der Waals surface area contributed by atoms with Gasteiger partial charge in [0.25, 0.3) is 10.0 Å². The summed E-state index contributed by atoms with van der Waals surface area (Å²) < 4.78 is 40.5. The highest BCUT2D eigenvalue weighted by molar-refractivity contribution is 7.92. The largest absolute Gasteiger partial charge is 0.315 e. The van der Waals surface area contributed by atoms with E-state index in [0.29, 0.717) is 5.69 Å². The zero-order valence-corrected chi connectivity index (χ0v) is 13.4. The summed E-state index contributed by atoms with van der Waals surface area (Å²) in [6.45, 7) is 1.51. The average molecular weight is 334 g/mol. The molecular weight excluding hydrogens is 319 g/mol. The molecule has 2 aromatic carbocycles. The number of hydrogen-bond acceptors (Lipinski definition) is 3. The van der Waals surface area contributed by atoms with Gasteiger partial charge in [-0.15, -0.1) is 0 Å². The van der Waals surface area contributed by atoms with E-state index >= 15 is 0 Å². The van der Waals surface area contributed by atoms with E-state index in [1.807, 2.05) is 0 Å². The lowest BCUT2D eigenvalue weighted by Crippen LogP contribution is -2.20. The van der Waals surface area contributed by atoms with E-state index in [1.165, 1.54) is 24.0 Å². The number of hydrogen-bond donors (Lipinski definition) is 1. The number of likely N-dealkylation sites (N-methyl/N-ethyl adjacent to an activating group) is 1. The number of anilines is 2. The molecule has 1 amide bonds. The zero-order valence-electron chi connectivity index (χ0n) is 12.6. The lowest BCUT2D eigenvalue weighted by atomic mass is 10.1. The number of rotatable bonds is 3. The molecule has 3 rings (SSSR count). The van der Waals surface area contributed by atoms with Gasteiger partial charge in [0.2, 0.25) is 5.91 Å². The quantitative estimate of drug-likeness (QED) is 0.937. The van der Waals surface area contributed by atoms with Gasteiger partial charge >= 0.3 is 0 Å². The molecule has 0 spiro atoms. The van der Waals surface area contributed by atoms with Crippen LogP contribution in [0.3, 0.4) is 0 Å². The summed E-state index contributed by atoms with van der Waals surface area (Å²) in [7, 11) is -2.13. The molecule has 23 heavy (non-hydrogen) atoms. The van der Waals surface area contributed by atoms with Crippen LogP contribution in [0.25, 0.3) is 0 Å². The first-order valence-corrected chi connectivity index (χ1v) is 8.45. The number of nitrogens with zero attached hydrogens (tertiary/aromatic N) is 1. The smallest absolute Gasteiger partial charge is 0.261 e. The fourth-order valence-electron chi connectivity index (χ4n) is 2.53. The number of fused-ring (bicyclic) bond motifs is 1. The normalized spacial score (nSPS) is 14.0. The molecule has 1 aliphatic heterocycles. The van der Waals surface area contributed by atoms with Gasteiger partial charge in [0, 0.05) is 18.4 Å². The molecule has 1 heterocycles. The molecule has 0 saturated carbocycles. The Morgan fingerprint density at radius 2 is 1.91 bits per heavy atom. The van der Waals surface area contributed by atoms with Crippen molar-refractivity contribution >= 4 is 27.3 Å². The molecule has 0 fully saturated rings. The SMILES string of the molecule is Cc1cc(S(=O)(=O)Nc2ccc3c(c2)CC(=O)N3C)ccc1F. The Kier molecular flexibility index (Phi) is 3.60. The van der Waals surface area contributed by atoms with Crippen LogP contribution in [0.4, 0.5) is 15.8 Å². The molecule has 0 unspecified atom stereocenters. The molecule has 0 radical (unpaired) electrons. The Labute approximate surface area is 133 Å². The van der Waals surface area contributed by atoms with Crippen LogP contribution < -0.4 is 9.62 Å². The van der Waals surface area contributed by atoms with Gasteiger partial charge in [-0.1, -0.05) is 0 Å². The summed E-state index contributed by atoms with van der Waals surface area (Å²) in [5.74, 6) is -0.489. The van der Waals surface area contributed by atoms with E-state index in [-0.39, 0.29) is 22.8 Å². The standard InChI is InChI=1S/C16H15FN2O3S/c1-10-7-13(4-5-14(10)17)23(21,22)18-12-3-6-15-11(8-12)9-16(20)19(15)2/h3-8,18H,9H2,1-2H3. The Bertz CT molecular complexity index is 910. The highest BCUT2D eigenvalue weighted by Gasteiger charge is 2.24. The number of carbonyl (C=O) groups excluding carboxylic acids is 1. The van der Waals surface area contributed by atoms with Crippen LogP contribution in [0, 0.1) is 12.7 Å². The van der Waals surface area contributed by atoms with Crippen molar-refractivity contribution < 1.29 is 17.6 Å². The van der Waals surface area contributed by atoms with Crippen molar-refractivity contribution in [2.45, 2.75) is 18.2 Å². The van der Waals surface area contributed by atoms with Crippen molar-refractivity contribution in [2.75, 3.05) is 16.7 Å². The van der Waals surface area contributed by atoms with Crippen molar-refractivity contribution in [1.29, 1.82) is 0 Å². The minimum atomic E-state index is -3.81. The molecule has 0 aromatic heterocycles. The first kappa shape index (κ1) is 15.5. The van der Waals surface area contributed by atoms with E-state index in [9.17, 15) is 17.6 Å². The third-order valence-electron chi connectivity index (χ3n) is 3.85. The summed E-state index contributed by atoms with van der Waals surface area (Å²) in [6, 6.07) is 8.57. The maximum absolute atomic E-state index is 13.3. The van der Waals surface area contributed by atoms with Crippen LogP contribution in [0.2, 0.25) is 0 Å². The zero-order chi connectivity index (χ0) is 16.8. The molecule has 0 saturated heterocycles. The minimum absolute atomic E-state index is 0.00917. The van der Waals surface area contributed by atoms with Gasteiger partial charge in [0.05, 0.1) is 11.3 Å². The van der Waals surface area contributed by atoms with Gasteiger partial charge in [0.1, 0.15) is 5.82 Å². The monoisotopic (exact) mass is 334 g/mol. The van der Waals surface area contributed by atoms with Crippen LogP contribution >= 0.6 is 0 Å². The van der Waals surface area contributed by atoms with Crippen molar-refractivity contribution in [3.8, 4) is 0 Å². The molecular formula is C16H15FN2O3S. The summed E-state index contributed by atoms with van der Waals surface area (Å²) in [6.07, 6.45) is 0.247. The van der Waals surface area contributed by atoms with Crippen LogP contribution in [0.1, 0.15) is 11.1 Å². The average Bonchev–Trinajstić information content (AvgIpc) is 2.76. The van der Waals surface area contributed by atoms with Gasteiger partial charge in [-0.05, 0) is 54.4 Å². The van der Waals surface area contributed by atoms with Crippen molar-refractivity contribution in [3.63, 3.8) is 0 Å². The van der Waals surface area contributed by atoms with Crippen molar-refractivity contribution in [3.05, 3.63) is 53.3 Å². The number of halogens is 1. The number of carbonyl (C=O) groups is 1. The maximum atomic E-state index is 13.3. The van der Waals surface area contributed by atoms with Gasteiger partial charge in [-0.3, -0.25) is 9.52 Å². The van der Waals surface area contributed by atoms with E-state index in [2.05, 4.69) is 4.72 Å². The van der Waals surface area contributed by atoms with Gasteiger partial charge in [-0.2, -0.15) is 0 Å². The predicted molar refractivity (Wildman–Crippen MR) is 85.5 cm³/mol. The number of nitrogens with one attached hydrogen (secondary N) is 1.